The molecule has 0 unspecified atom stereocenters. The molecule has 3 heterocycles. The third kappa shape index (κ3) is 2.56. The Morgan fingerprint density at radius 1 is 1.11 bits per heavy atom. The minimum absolute atomic E-state index is 0.137. The van der Waals surface area contributed by atoms with E-state index in [1.807, 2.05) is 30.3 Å². The lowest BCUT2D eigenvalue weighted by Crippen LogP contribution is -2.12. The molecule has 0 radical (unpaired) electrons. The second-order valence-electron chi connectivity index (χ2n) is 6.27. The first-order chi connectivity index (χ1) is 13.2. The average Bonchev–Trinajstić information content (AvgIpc) is 2.96. The summed E-state index contributed by atoms with van der Waals surface area (Å²) in [5.74, 6) is 1.07. The average molecular weight is 359 g/mol. The molecule has 0 saturated carbocycles. The number of benzene rings is 2. The number of hydrogen-bond acceptors (Lipinski definition) is 5. The van der Waals surface area contributed by atoms with Gasteiger partial charge in [0.25, 0.3) is 5.75 Å². The predicted molar refractivity (Wildman–Crippen MR) is 102 cm³/mol. The van der Waals surface area contributed by atoms with Crippen LogP contribution in [0.2, 0.25) is 0 Å². The molecule has 0 fully saturated rings. The first-order valence-corrected chi connectivity index (χ1v) is 8.44. The fraction of sp³-hybridized carbons (Fsp3) is 0.0500. The van der Waals surface area contributed by atoms with Crippen LogP contribution in [0.25, 0.3) is 22.4 Å². The topological polar surface area (TPSA) is 103 Å². The number of fused-ring (bicyclic) bond motifs is 5. The van der Waals surface area contributed by atoms with Gasteiger partial charge in [-0.15, -0.1) is 0 Å². The van der Waals surface area contributed by atoms with Crippen molar-refractivity contribution in [2.75, 3.05) is 10.6 Å². The van der Waals surface area contributed by atoms with Crippen LogP contribution >= 0.6 is 0 Å². The van der Waals surface area contributed by atoms with Gasteiger partial charge in [0.1, 0.15) is 17.0 Å². The van der Waals surface area contributed by atoms with Crippen LogP contribution in [0, 0.1) is 0 Å². The molecule has 0 aliphatic carbocycles. The molecule has 4 aromatic rings. The number of nitrogens with one attached hydrogen (secondary N) is 2. The van der Waals surface area contributed by atoms with Crippen LogP contribution < -0.4 is 10.6 Å². The molecule has 4 N–H and O–H groups in total. The van der Waals surface area contributed by atoms with Gasteiger partial charge in [0.05, 0.1) is 12.1 Å². The zero-order valence-electron chi connectivity index (χ0n) is 14.1. The number of carbonyl (C=O) groups excluding carboxylic acids is 1. The van der Waals surface area contributed by atoms with Crippen molar-refractivity contribution in [2.24, 2.45) is 0 Å². The highest BCUT2D eigenvalue weighted by Crippen LogP contribution is 2.40. The van der Waals surface area contributed by atoms with Crippen molar-refractivity contribution in [3.63, 3.8) is 0 Å². The van der Waals surface area contributed by atoms with Crippen molar-refractivity contribution in [2.45, 2.75) is 6.42 Å². The Labute approximate surface area is 153 Å². The molecule has 2 aromatic carbocycles. The van der Waals surface area contributed by atoms with E-state index in [1.54, 1.807) is 24.4 Å². The van der Waals surface area contributed by atoms with E-state index in [2.05, 4.69) is 20.6 Å². The first kappa shape index (κ1) is 15.4. The molecule has 0 bridgehead atoms. The van der Waals surface area contributed by atoms with E-state index in [0.717, 1.165) is 5.39 Å². The van der Waals surface area contributed by atoms with Gasteiger partial charge >= 0.3 is 0 Å². The van der Waals surface area contributed by atoms with E-state index in [0.29, 0.717) is 45.7 Å². The van der Waals surface area contributed by atoms with Gasteiger partial charge in [-0.2, -0.15) is 0 Å². The summed E-state index contributed by atoms with van der Waals surface area (Å²) in [6.07, 6.45) is 1.79. The molecular formula is C20H15N4O3+. The first-order valence-electron chi connectivity index (χ1n) is 8.44. The van der Waals surface area contributed by atoms with E-state index >= 15 is 0 Å². The zero-order valence-corrected chi connectivity index (χ0v) is 14.1. The highest BCUT2D eigenvalue weighted by molar-refractivity contribution is 6.08. The Kier molecular flexibility index (Phi) is 3.33. The molecule has 1 amide bonds. The highest BCUT2D eigenvalue weighted by atomic mass is 16.3. The third-order valence-corrected chi connectivity index (χ3v) is 4.46. The van der Waals surface area contributed by atoms with Crippen LogP contribution in [0.3, 0.4) is 0 Å². The van der Waals surface area contributed by atoms with Crippen molar-refractivity contribution in [3.05, 3.63) is 60.3 Å². The molecule has 0 spiro atoms. The summed E-state index contributed by atoms with van der Waals surface area (Å²) >= 11 is 0. The van der Waals surface area contributed by atoms with Gasteiger partial charge in [-0.05, 0) is 18.2 Å². The van der Waals surface area contributed by atoms with Crippen molar-refractivity contribution in [1.82, 2.24) is 9.97 Å². The van der Waals surface area contributed by atoms with Crippen LogP contribution in [0.1, 0.15) is 5.56 Å². The smallest absolute Gasteiger partial charge is 0.277 e. The maximum absolute atomic E-state index is 12.3. The summed E-state index contributed by atoms with van der Waals surface area (Å²) in [6.45, 7) is 0. The molecule has 2 aromatic heterocycles. The molecule has 1 aliphatic rings. The van der Waals surface area contributed by atoms with E-state index in [4.69, 9.17) is 9.52 Å². The van der Waals surface area contributed by atoms with E-state index in [1.165, 1.54) is 0 Å². The number of anilines is 3. The predicted octanol–water partition coefficient (Wildman–Crippen LogP) is 3.57. The van der Waals surface area contributed by atoms with E-state index < -0.39 is 0 Å². The lowest BCUT2D eigenvalue weighted by molar-refractivity contribution is -0.115. The van der Waals surface area contributed by atoms with Gasteiger partial charge < -0.3 is 20.2 Å². The van der Waals surface area contributed by atoms with Crippen molar-refractivity contribution < 1.29 is 14.3 Å². The van der Waals surface area contributed by atoms with E-state index in [9.17, 15) is 4.79 Å². The Bertz CT molecular complexity index is 1200. The van der Waals surface area contributed by atoms with Gasteiger partial charge in [-0.3, -0.25) is 4.79 Å². The minimum atomic E-state index is -0.137. The van der Waals surface area contributed by atoms with Crippen LogP contribution in [0.15, 0.2) is 59.1 Å². The molecule has 0 saturated heterocycles. The van der Waals surface area contributed by atoms with Crippen molar-refractivity contribution in [1.29, 1.82) is 0 Å². The number of para-hydroxylation sites is 3. The van der Waals surface area contributed by atoms with Gasteiger partial charge in [0, 0.05) is 23.2 Å². The Morgan fingerprint density at radius 2 is 1.93 bits per heavy atom. The Hall–Kier alpha value is -3.87. The molecule has 7 heteroatoms. The summed E-state index contributed by atoms with van der Waals surface area (Å²) in [7, 11) is 0. The van der Waals surface area contributed by atoms with Crippen molar-refractivity contribution in [3.8, 4) is 17.2 Å². The normalized spacial score (nSPS) is 12.8. The van der Waals surface area contributed by atoms with Gasteiger partial charge in [0.2, 0.25) is 11.9 Å². The minimum Gasteiger partial charge on any atom is -0.592 e. The number of hydrogen-bond donors (Lipinski definition) is 2. The number of carbonyl (C=O) groups is 1. The summed E-state index contributed by atoms with van der Waals surface area (Å²) < 4.78 is 6.00. The number of rotatable bonds is 2. The van der Waals surface area contributed by atoms with Gasteiger partial charge in [0.15, 0.2) is 5.76 Å². The van der Waals surface area contributed by atoms with Crippen LogP contribution in [0.5, 0.6) is 5.75 Å². The number of aromatic nitrogens is 2. The fourth-order valence-corrected chi connectivity index (χ4v) is 3.20. The van der Waals surface area contributed by atoms with Gasteiger partial charge in [-0.1, -0.05) is 24.3 Å². The SMILES string of the molecule is O=C1Cc2cnc(Nc3ccccc3[OH2+])nc2-c2oc3ccccc3c2N1. The number of nitrogens with zero attached hydrogens (tertiary/aromatic N) is 2. The lowest BCUT2D eigenvalue weighted by Gasteiger charge is -2.08. The summed E-state index contributed by atoms with van der Waals surface area (Å²) in [4.78, 5) is 21.2. The van der Waals surface area contributed by atoms with Crippen molar-refractivity contribution >= 4 is 34.2 Å². The molecule has 7 nitrogen and oxygen atoms in total. The molecule has 27 heavy (non-hydrogen) atoms. The quantitative estimate of drug-likeness (QED) is 0.533. The molecule has 0 atom stereocenters. The van der Waals surface area contributed by atoms with Crippen LogP contribution in [-0.2, 0) is 11.2 Å². The highest BCUT2D eigenvalue weighted by Gasteiger charge is 2.26. The monoisotopic (exact) mass is 359 g/mol. The summed E-state index contributed by atoms with van der Waals surface area (Å²) in [6, 6.07) is 14.6. The summed E-state index contributed by atoms with van der Waals surface area (Å²) in [5.41, 5.74) is 3.17. The number of amides is 1. The number of furan rings is 1. The maximum Gasteiger partial charge on any atom is 0.277 e. The van der Waals surface area contributed by atoms with Gasteiger partial charge in [-0.25, -0.2) is 9.97 Å². The van der Waals surface area contributed by atoms with Crippen LogP contribution in [0.4, 0.5) is 17.3 Å². The second kappa shape index (κ2) is 5.84. The molecule has 1 aliphatic heterocycles. The third-order valence-electron chi connectivity index (χ3n) is 4.46. The Balaban J connectivity index is 1.66. The Morgan fingerprint density at radius 3 is 2.81 bits per heavy atom. The standard InChI is InChI=1S/C20H14N4O3/c25-14-7-3-2-6-13(14)22-20-21-10-11-9-16(26)23-18-12-5-1-4-8-15(12)27-19(18)17(11)24-20/h1-8,10,25H,9H2,(H,23,26)(H,21,22,24)/p+1. The molecule has 132 valence electrons. The largest absolute Gasteiger partial charge is 0.592 e. The maximum atomic E-state index is 12.3. The fourth-order valence-electron chi connectivity index (χ4n) is 3.20. The molecule has 5 rings (SSSR count). The van der Waals surface area contributed by atoms with E-state index in [-0.39, 0.29) is 12.3 Å². The summed E-state index contributed by atoms with van der Waals surface area (Å²) in [5, 5.41) is 14.8. The lowest BCUT2D eigenvalue weighted by atomic mass is 10.1. The molecular weight excluding hydrogens is 344 g/mol. The second-order valence-corrected chi connectivity index (χ2v) is 6.27. The van der Waals surface area contributed by atoms with Crippen LogP contribution in [-0.4, -0.2) is 21.0 Å². The zero-order chi connectivity index (χ0) is 18.4.